The Kier molecular flexibility index (Phi) is 10.6. The molecule has 0 spiro atoms. The first-order chi connectivity index (χ1) is 18.3. The third-order valence-electron chi connectivity index (χ3n) is 8.23. The van der Waals surface area contributed by atoms with Crippen LogP contribution >= 0.6 is 0 Å². The van der Waals surface area contributed by atoms with Crippen LogP contribution in [0.2, 0.25) is 0 Å². The van der Waals surface area contributed by atoms with E-state index in [2.05, 4.69) is 38.7 Å². The molecule has 3 aliphatic heterocycles. The van der Waals surface area contributed by atoms with Gasteiger partial charge in [0.15, 0.2) is 0 Å². The number of carbonyl (C=O) groups is 1. The third-order valence-corrected chi connectivity index (χ3v) is 8.23. The fraction of sp³-hybridized carbons (Fsp3) is 0.656. The molecule has 4 rings (SSSR count). The van der Waals surface area contributed by atoms with E-state index in [1.165, 1.54) is 11.6 Å². The molecule has 0 aromatic heterocycles. The van der Waals surface area contributed by atoms with E-state index in [0.29, 0.717) is 31.8 Å². The molecule has 0 unspecified atom stereocenters. The minimum Gasteiger partial charge on any atom is -0.456 e. The molecule has 6 nitrogen and oxygen atoms in total. The van der Waals surface area contributed by atoms with Crippen molar-refractivity contribution in [2.45, 2.75) is 102 Å². The van der Waals surface area contributed by atoms with E-state index >= 15 is 0 Å². The maximum absolute atomic E-state index is 12.9. The summed E-state index contributed by atoms with van der Waals surface area (Å²) in [5.74, 6) is 0.546. The Balaban J connectivity index is 1.47. The number of esters is 1. The van der Waals surface area contributed by atoms with Crippen LogP contribution in [0.25, 0.3) is 0 Å². The van der Waals surface area contributed by atoms with Gasteiger partial charge in [0.2, 0.25) is 0 Å². The van der Waals surface area contributed by atoms with Crippen molar-refractivity contribution >= 4 is 5.97 Å². The molecule has 0 aromatic rings. The van der Waals surface area contributed by atoms with Crippen molar-refractivity contribution in [3.8, 4) is 0 Å². The van der Waals surface area contributed by atoms with Gasteiger partial charge < -0.3 is 24.1 Å². The van der Waals surface area contributed by atoms with Crippen molar-refractivity contribution in [1.82, 2.24) is 0 Å². The van der Waals surface area contributed by atoms with Gasteiger partial charge in [-0.1, -0.05) is 61.1 Å². The van der Waals surface area contributed by atoms with Gasteiger partial charge in [0.05, 0.1) is 31.0 Å². The number of methoxy groups -OCH3 is 1. The predicted octanol–water partition coefficient (Wildman–Crippen LogP) is 5.63. The molecule has 1 saturated carbocycles. The second kappa shape index (κ2) is 13.9. The van der Waals surface area contributed by atoms with E-state index in [0.717, 1.165) is 37.7 Å². The van der Waals surface area contributed by atoms with Gasteiger partial charge in [-0.25, -0.2) is 4.79 Å². The Labute approximate surface area is 228 Å². The van der Waals surface area contributed by atoms with Gasteiger partial charge in [-0.05, 0) is 76.0 Å². The monoisotopic (exact) mass is 526 g/mol. The standard InChI is InChI=1S/C32H46O6/c1-21-13-14-36-26(16-21)11-12-30(35-4)31-20-24-19-28(24)29(33)18-23(3)15-22(2)17-27-9-5-7-25(37-27)8-6-10-32(34)38-31/h5-7,10-13,22,24-31,33H,3,8-9,14-20H2,1-2,4H3/b10-6-,12-11+/t22-,24+,25-,26+,27-,28+,29-,30-,31-/m0/s1. The summed E-state index contributed by atoms with van der Waals surface area (Å²) in [5, 5.41) is 11.0. The van der Waals surface area contributed by atoms with Gasteiger partial charge in [-0.2, -0.15) is 0 Å². The molecule has 1 fully saturated rings. The molecule has 1 N–H and O–H groups in total. The molecule has 2 bridgehead atoms. The number of hydrogen-bond acceptors (Lipinski definition) is 6. The lowest BCUT2D eigenvalue weighted by molar-refractivity contribution is -0.149. The number of carbonyl (C=O) groups excluding carboxylic acids is 1. The molecule has 0 amide bonds. The number of rotatable bonds is 4. The number of fused-ring (bicyclic) bond motifs is 3. The number of aliphatic hydroxyl groups is 1. The average molecular weight is 527 g/mol. The van der Waals surface area contributed by atoms with Gasteiger partial charge in [0.1, 0.15) is 12.2 Å². The van der Waals surface area contributed by atoms with E-state index in [9.17, 15) is 9.90 Å². The fourth-order valence-corrected chi connectivity index (χ4v) is 6.10. The topological polar surface area (TPSA) is 74.2 Å². The molecule has 210 valence electrons. The van der Waals surface area contributed by atoms with Gasteiger partial charge in [-0.15, -0.1) is 0 Å². The van der Waals surface area contributed by atoms with Crippen molar-refractivity contribution in [3.05, 3.63) is 60.3 Å². The van der Waals surface area contributed by atoms with Crippen LogP contribution in [0.4, 0.5) is 0 Å². The summed E-state index contributed by atoms with van der Waals surface area (Å²) in [5.41, 5.74) is 2.40. The number of cyclic esters (lactones) is 1. The van der Waals surface area contributed by atoms with Crippen LogP contribution in [-0.2, 0) is 23.7 Å². The van der Waals surface area contributed by atoms with Crippen molar-refractivity contribution in [3.63, 3.8) is 0 Å². The molecule has 1 aliphatic carbocycles. The smallest absolute Gasteiger partial charge is 0.330 e. The summed E-state index contributed by atoms with van der Waals surface area (Å²) in [6, 6.07) is 0. The number of aliphatic hydroxyl groups excluding tert-OH is 1. The zero-order valence-electron chi connectivity index (χ0n) is 23.3. The Hall–Kier alpha value is -1.99. The van der Waals surface area contributed by atoms with Crippen molar-refractivity contribution in [2.24, 2.45) is 17.8 Å². The van der Waals surface area contributed by atoms with E-state index in [1.54, 1.807) is 7.11 Å². The summed E-state index contributed by atoms with van der Waals surface area (Å²) >= 11 is 0. The maximum Gasteiger partial charge on any atom is 0.330 e. The van der Waals surface area contributed by atoms with Crippen LogP contribution in [0.1, 0.15) is 65.2 Å². The highest BCUT2D eigenvalue weighted by Gasteiger charge is 2.45. The highest BCUT2D eigenvalue weighted by atomic mass is 16.6. The van der Waals surface area contributed by atoms with Crippen molar-refractivity contribution < 1.29 is 28.8 Å². The molecular weight excluding hydrogens is 480 g/mol. The second-order valence-corrected chi connectivity index (χ2v) is 11.7. The van der Waals surface area contributed by atoms with Gasteiger partial charge in [-0.3, -0.25) is 0 Å². The molecule has 3 heterocycles. The van der Waals surface area contributed by atoms with Crippen molar-refractivity contribution in [2.75, 3.05) is 13.7 Å². The van der Waals surface area contributed by atoms with E-state index in [4.69, 9.17) is 18.9 Å². The molecule has 0 saturated heterocycles. The maximum atomic E-state index is 12.9. The Morgan fingerprint density at radius 2 is 2.00 bits per heavy atom. The SMILES string of the molecule is C=C1C[C@H](C)C[C@@H]2CC=C[C@@H](C/C=C\C(=O)O[C@H]([C@H](/C=C/[C@@H]3CC(C)=CCO3)OC)C[C@H]3C[C@H]3[C@@H](O)C1)O2. The van der Waals surface area contributed by atoms with Crippen LogP contribution in [0.15, 0.2) is 60.3 Å². The van der Waals surface area contributed by atoms with Gasteiger partial charge >= 0.3 is 5.97 Å². The summed E-state index contributed by atoms with van der Waals surface area (Å²) in [4.78, 5) is 12.9. The van der Waals surface area contributed by atoms with Crippen LogP contribution in [0, 0.1) is 17.8 Å². The minimum absolute atomic E-state index is 0.0104. The highest BCUT2D eigenvalue weighted by Crippen LogP contribution is 2.47. The molecule has 4 aliphatic rings. The summed E-state index contributed by atoms with van der Waals surface area (Å²) in [6.45, 7) is 9.23. The molecule has 9 atom stereocenters. The number of hydrogen-bond donors (Lipinski definition) is 1. The summed E-state index contributed by atoms with van der Waals surface area (Å²) in [6.07, 6.45) is 19.0. The van der Waals surface area contributed by atoms with Gasteiger partial charge in [0.25, 0.3) is 0 Å². The van der Waals surface area contributed by atoms with Gasteiger partial charge in [0, 0.05) is 13.2 Å². The van der Waals surface area contributed by atoms with Crippen LogP contribution in [0.5, 0.6) is 0 Å². The second-order valence-electron chi connectivity index (χ2n) is 11.7. The quantitative estimate of drug-likeness (QED) is 0.378. The molecule has 6 heteroatoms. The summed E-state index contributed by atoms with van der Waals surface area (Å²) < 4.78 is 23.9. The molecule has 0 radical (unpaired) electrons. The van der Waals surface area contributed by atoms with E-state index < -0.39 is 18.3 Å². The normalized spacial score (nSPS) is 38.9. The lowest BCUT2D eigenvalue weighted by atomic mass is 9.90. The van der Waals surface area contributed by atoms with Crippen LogP contribution in [0.3, 0.4) is 0 Å². The fourth-order valence-electron chi connectivity index (χ4n) is 6.10. The Morgan fingerprint density at radius 1 is 1.16 bits per heavy atom. The first-order valence-electron chi connectivity index (χ1n) is 14.3. The van der Waals surface area contributed by atoms with Crippen LogP contribution < -0.4 is 0 Å². The molecular formula is C32H46O6. The lowest BCUT2D eigenvalue weighted by Crippen LogP contribution is -2.32. The summed E-state index contributed by atoms with van der Waals surface area (Å²) in [7, 11) is 1.64. The third kappa shape index (κ3) is 8.77. The largest absolute Gasteiger partial charge is 0.456 e. The van der Waals surface area contributed by atoms with E-state index in [1.807, 2.05) is 18.2 Å². The highest BCUT2D eigenvalue weighted by molar-refractivity contribution is 5.82. The zero-order valence-corrected chi connectivity index (χ0v) is 23.3. The van der Waals surface area contributed by atoms with Crippen molar-refractivity contribution in [1.29, 1.82) is 0 Å². The Bertz CT molecular complexity index is 932. The number of ether oxygens (including phenoxy) is 4. The average Bonchev–Trinajstić information content (AvgIpc) is 3.63. The zero-order chi connectivity index (χ0) is 27.1. The lowest BCUT2D eigenvalue weighted by Gasteiger charge is -2.28. The Morgan fingerprint density at radius 3 is 2.79 bits per heavy atom. The molecule has 0 aromatic carbocycles. The first kappa shape index (κ1) is 29.0. The van der Waals surface area contributed by atoms with E-state index in [-0.39, 0.29) is 36.1 Å². The van der Waals surface area contributed by atoms with Crippen LogP contribution in [-0.4, -0.2) is 61.4 Å². The minimum atomic E-state index is -0.451. The molecule has 38 heavy (non-hydrogen) atoms. The first-order valence-corrected chi connectivity index (χ1v) is 14.3. The predicted molar refractivity (Wildman–Crippen MR) is 148 cm³/mol.